The summed E-state index contributed by atoms with van der Waals surface area (Å²) in [6.45, 7) is 11.4. The van der Waals surface area contributed by atoms with Gasteiger partial charge in [-0.3, -0.25) is 4.21 Å². The van der Waals surface area contributed by atoms with Crippen molar-refractivity contribution in [1.29, 1.82) is 0 Å². The number of hydrogen-bond acceptors (Lipinski definition) is 4. The Hall–Kier alpha value is -0.680. The van der Waals surface area contributed by atoms with Crippen molar-refractivity contribution >= 4 is 50.6 Å². The van der Waals surface area contributed by atoms with Gasteiger partial charge in [-0.1, -0.05) is 12.1 Å². The van der Waals surface area contributed by atoms with Gasteiger partial charge in [-0.25, -0.2) is 13.4 Å². The zero-order chi connectivity index (χ0) is 20.0. The van der Waals surface area contributed by atoms with Gasteiger partial charge in [-0.05, 0) is 51.8 Å². The molecule has 0 spiro atoms. The fraction of sp³-hybridized carbons (Fsp3) is 0.611. The molecule has 1 aromatic rings. The quantitative estimate of drug-likeness (QED) is 0.322. The topological polar surface area (TPSA) is 87.6 Å². The number of nitrogens with zero attached hydrogens (tertiary/aromatic N) is 1. The molecule has 0 radical (unpaired) electrons. The molecule has 0 saturated carbocycles. The molecular formula is C18H32IN3O3S2. The fourth-order valence-electron chi connectivity index (χ4n) is 2.31. The molecular weight excluding hydrogens is 497 g/mol. The van der Waals surface area contributed by atoms with E-state index in [1.165, 1.54) is 6.26 Å². The number of hydrogen-bond donors (Lipinski definition) is 2. The van der Waals surface area contributed by atoms with E-state index < -0.39 is 20.6 Å². The number of nitrogens with one attached hydrogen (secondary N) is 2. The van der Waals surface area contributed by atoms with Gasteiger partial charge in [0.05, 0.1) is 11.4 Å². The van der Waals surface area contributed by atoms with Crippen LogP contribution in [0.2, 0.25) is 0 Å². The number of aliphatic imine (C=N–C) groups is 1. The lowest BCUT2D eigenvalue weighted by Crippen LogP contribution is -2.40. The molecule has 0 aliphatic rings. The molecule has 0 bridgehead atoms. The van der Waals surface area contributed by atoms with Crippen LogP contribution < -0.4 is 10.6 Å². The summed E-state index contributed by atoms with van der Waals surface area (Å²) in [4.78, 5) is 4.87. The summed E-state index contributed by atoms with van der Waals surface area (Å²) in [5.41, 5.74) is 1.66. The van der Waals surface area contributed by atoms with Crippen molar-refractivity contribution < 1.29 is 12.6 Å². The molecule has 27 heavy (non-hydrogen) atoms. The summed E-state index contributed by atoms with van der Waals surface area (Å²) in [6.07, 6.45) is 1.21. The Morgan fingerprint density at radius 3 is 2.33 bits per heavy atom. The zero-order valence-corrected chi connectivity index (χ0v) is 20.9. The molecule has 0 heterocycles. The SMILES string of the molecule is CCNC(=NCc1ccc(S(C)(=O)=O)c(C)c1)NCCS(=O)C(C)(C)C.I. The van der Waals surface area contributed by atoms with E-state index in [4.69, 9.17) is 0 Å². The highest BCUT2D eigenvalue weighted by atomic mass is 127. The van der Waals surface area contributed by atoms with Gasteiger partial charge in [0, 0.05) is 40.6 Å². The molecule has 156 valence electrons. The first-order valence-electron chi connectivity index (χ1n) is 8.65. The molecule has 0 aromatic heterocycles. The van der Waals surface area contributed by atoms with Crippen molar-refractivity contribution in [2.45, 2.75) is 50.8 Å². The number of sulfone groups is 1. The Balaban J connectivity index is 0.00000676. The molecule has 2 N–H and O–H groups in total. The van der Waals surface area contributed by atoms with Crippen molar-refractivity contribution in [3.8, 4) is 0 Å². The number of aryl methyl sites for hydroxylation is 1. The Morgan fingerprint density at radius 1 is 1.22 bits per heavy atom. The third-order valence-electron chi connectivity index (χ3n) is 3.67. The van der Waals surface area contributed by atoms with Crippen molar-refractivity contribution in [3.63, 3.8) is 0 Å². The Kier molecular flexibility index (Phi) is 11.1. The molecule has 0 amide bonds. The lowest BCUT2D eigenvalue weighted by molar-refractivity contribution is 0.601. The molecule has 0 fully saturated rings. The van der Waals surface area contributed by atoms with Gasteiger partial charge >= 0.3 is 0 Å². The smallest absolute Gasteiger partial charge is 0.191 e. The van der Waals surface area contributed by atoms with Crippen LogP contribution in [0, 0.1) is 6.92 Å². The van der Waals surface area contributed by atoms with Crippen LogP contribution in [0.3, 0.4) is 0 Å². The second-order valence-corrected chi connectivity index (χ2v) is 11.5. The van der Waals surface area contributed by atoms with Gasteiger partial charge in [0.2, 0.25) is 0 Å². The van der Waals surface area contributed by atoms with E-state index in [1.807, 2.05) is 33.8 Å². The molecule has 1 atom stereocenters. The second-order valence-electron chi connectivity index (χ2n) is 7.16. The van der Waals surface area contributed by atoms with E-state index in [-0.39, 0.29) is 28.7 Å². The van der Waals surface area contributed by atoms with Crippen molar-refractivity contribution in [2.75, 3.05) is 25.1 Å². The Bertz CT molecular complexity index is 773. The van der Waals surface area contributed by atoms with E-state index in [0.29, 0.717) is 29.7 Å². The fourth-order valence-corrected chi connectivity index (χ4v) is 4.17. The zero-order valence-electron chi connectivity index (χ0n) is 17.0. The van der Waals surface area contributed by atoms with E-state index in [2.05, 4.69) is 15.6 Å². The van der Waals surface area contributed by atoms with Gasteiger partial charge in [-0.15, -0.1) is 24.0 Å². The molecule has 0 aliphatic heterocycles. The predicted octanol–water partition coefficient (Wildman–Crippen LogP) is 2.62. The van der Waals surface area contributed by atoms with Crippen LogP contribution in [0.15, 0.2) is 28.1 Å². The van der Waals surface area contributed by atoms with Crippen LogP contribution in [0.4, 0.5) is 0 Å². The maximum Gasteiger partial charge on any atom is 0.191 e. The minimum Gasteiger partial charge on any atom is -0.357 e. The summed E-state index contributed by atoms with van der Waals surface area (Å²) >= 11 is 0. The number of halogens is 1. The second kappa shape index (κ2) is 11.4. The minimum atomic E-state index is -3.21. The molecule has 6 nitrogen and oxygen atoms in total. The van der Waals surface area contributed by atoms with Crippen LogP contribution in [0.1, 0.15) is 38.8 Å². The van der Waals surface area contributed by atoms with E-state index >= 15 is 0 Å². The van der Waals surface area contributed by atoms with E-state index in [1.54, 1.807) is 19.1 Å². The van der Waals surface area contributed by atoms with Gasteiger partial charge < -0.3 is 10.6 Å². The number of guanidine groups is 1. The highest BCUT2D eigenvalue weighted by Crippen LogP contribution is 2.17. The highest BCUT2D eigenvalue weighted by Gasteiger charge is 2.18. The third kappa shape index (κ3) is 9.38. The lowest BCUT2D eigenvalue weighted by Gasteiger charge is -2.18. The predicted molar refractivity (Wildman–Crippen MR) is 125 cm³/mol. The summed E-state index contributed by atoms with van der Waals surface area (Å²) in [5, 5.41) is 6.35. The Morgan fingerprint density at radius 2 is 1.85 bits per heavy atom. The summed E-state index contributed by atoms with van der Waals surface area (Å²) in [6, 6.07) is 5.26. The third-order valence-corrected chi connectivity index (χ3v) is 6.86. The average molecular weight is 530 g/mol. The summed E-state index contributed by atoms with van der Waals surface area (Å²) in [7, 11) is -4.13. The van der Waals surface area contributed by atoms with Gasteiger partial charge in [-0.2, -0.15) is 0 Å². The molecule has 1 aromatic carbocycles. The monoisotopic (exact) mass is 529 g/mol. The maximum atomic E-state index is 12.1. The number of benzene rings is 1. The van der Waals surface area contributed by atoms with Crippen LogP contribution in [-0.4, -0.2) is 48.4 Å². The normalized spacial score (nSPS) is 13.6. The molecule has 0 saturated heterocycles. The Labute approximate surface area is 183 Å². The van der Waals surface area contributed by atoms with E-state index in [9.17, 15) is 12.6 Å². The molecule has 1 unspecified atom stereocenters. The molecule has 1 rings (SSSR count). The van der Waals surface area contributed by atoms with Crippen LogP contribution in [0.5, 0.6) is 0 Å². The first kappa shape index (κ1) is 26.3. The van der Waals surface area contributed by atoms with Crippen LogP contribution in [-0.2, 0) is 27.2 Å². The lowest BCUT2D eigenvalue weighted by atomic mass is 10.1. The summed E-state index contributed by atoms with van der Waals surface area (Å²) in [5.74, 6) is 1.21. The largest absolute Gasteiger partial charge is 0.357 e. The first-order valence-corrected chi connectivity index (χ1v) is 11.9. The van der Waals surface area contributed by atoms with Crippen LogP contribution >= 0.6 is 24.0 Å². The van der Waals surface area contributed by atoms with Crippen molar-refractivity contribution in [3.05, 3.63) is 29.3 Å². The van der Waals surface area contributed by atoms with Crippen molar-refractivity contribution in [2.24, 2.45) is 4.99 Å². The summed E-state index contributed by atoms with van der Waals surface area (Å²) < 4.78 is 35.2. The average Bonchev–Trinajstić information content (AvgIpc) is 2.50. The van der Waals surface area contributed by atoms with Gasteiger partial charge in [0.25, 0.3) is 0 Å². The van der Waals surface area contributed by atoms with Gasteiger partial charge in [0.15, 0.2) is 15.8 Å². The van der Waals surface area contributed by atoms with E-state index in [0.717, 1.165) is 17.7 Å². The molecule has 9 heteroatoms. The van der Waals surface area contributed by atoms with Crippen LogP contribution in [0.25, 0.3) is 0 Å². The maximum absolute atomic E-state index is 12.1. The first-order chi connectivity index (χ1) is 11.9. The number of rotatable bonds is 7. The minimum absolute atomic E-state index is 0. The van der Waals surface area contributed by atoms with Gasteiger partial charge in [0.1, 0.15) is 0 Å². The van der Waals surface area contributed by atoms with Crippen molar-refractivity contribution in [1.82, 2.24) is 10.6 Å². The molecule has 0 aliphatic carbocycles. The standard InChI is InChI=1S/C18H31N3O3S2.HI/c1-7-19-17(20-10-11-25(22)18(3,4)5)21-13-15-8-9-16(14(2)12-15)26(6,23)24;/h8-9,12H,7,10-11,13H2,1-6H3,(H2,19,20,21);1H. The highest BCUT2D eigenvalue weighted by molar-refractivity contribution is 14.0.